The number of hydrogen-bond acceptors (Lipinski definition) is 5. The fourth-order valence-corrected chi connectivity index (χ4v) is 3.82. The van der Waals surface area contributed by atoms with Crippen LogP contribution in [0.25, 0.3) is 0 Å². The maximum absolute atomic E-state index is 4.52. The molecule has 1 aromatic heterocycles. The van der Waals surface area contributed by atoms with Crippen molar-refractivity contribution in [2.45, 2.75) is 64.6 Å². The number of piperidine rings is 1. The molecule has 2 rings (SSSR count). The van der Waals surface area contributed by atoms with Crippen molar-refractivity contribution >= 4 is 36.0 Å². The van der Waals surface area contributed by atoms with E-state index >= 15 is 0 Å². The Balaban J connectivity index is 2.23. The molecule has 4 nitrogen and oxygen atoms in total. The largest absolute Gasteiger partial charge is 0.365 e. The van der Waals surface area contributed by atoms with Crippen LogP contribution in [0.1, 0.15) is 51.9 Å². The molecule has 1 fully saturated rings. The number of nitrogens with zero attached hydrogens (tertiary/aromatic N) is 2. The van der Waals surface area contributed by atoms with Gasteiger partial charge in [-0.25, -0.2) is 9.97 Å². The Hall–Kier alpha value is -0.520. The Morgan fingerprint density at radius 1 is 1.32 bits per heavy atom. The monoisotopic (exact) mass is 430 g/mol. The minimum absolute atomic E-state index is 0.0987. The van der Waals surface area contributed by atoms with Crippen molar-refractivity contribution in [2.75, 3.05) is 5.32 Å². The molecule has 0 atom stereocenters. The third-order valence-corrected chi connectivity index (χ3v) is 4.47. The summed E-state index contributed by atoms with van der Waals surface area (Å²) in [6.07, 6.45) is 3.88. The van der Waals surface area contributed by atoms with Gasteiger partial charge in [0.2, 0.25) is 0 Å². The van der Waals surface area contributed by atoms with Gasteiger partial charge in [-0.3, -0.25) is 0 Å². The SMILES string of the molecule is Cc1cnc(NC2CC(C)(C)NC(C)(C)C2)c(C#CSI)n1. The second kappa shape index (κ2) is 6.93. The molecule has 0 amide bonds. The van der Waals surface area contributed by atoms with Crippen LogP contribution < -0.4 is 10.6 Å². The first kappa shape index (κ1) is 17.8. The van der Waals surface area contributed by atoms with Crippen molar-refractivity contribution in [2.24, 2.45) is 0 Å². The summed E-state index contributed by atoms with van der Waals surface area (Å²) in [6, 6.07) is 0.357. The van der Waals surface area contributed by atoms with Crippen LogP contribution >= 0.6 is 30.1 Å². The molecule has 0 aromatic carbocycles. The van der Waals surface area contributed by atoms with E-state index in [0.29, 0.717) is 6.04 Å². The number of rotatable bonds is 2. The number of hydrogen-bond donors (Lipinski definition) is 2. The predicted octanol–water partition coefficient (Wildman–Crippen LogP) is 3.90. The summed E-state index contributed by atoms with van der Waals surface area (Å²) in [5.41, 5.74) is 1.82. The van der Waals surface area contributed by atoms with Crippen molar-refractivity contribution < 1.29 is 0 Å². The van der Waals surface area contributed by atoms with E-state index in [0.717, 1.165) is 30.0 Å². The molecule has 6 heteroatoms. The highest BCUT2D eigenvalue weighted by molar-refractivity contribution is 14.2. The van der Waals surface area contributed by atoms with E-state index in [1.54, 1.807) is 6.20 Å². The molecular weight excluding hydrogens is 407 g/mol. The molecule has 0 bridgehead atoms. The van der Waals surface area contributed by atoms with Gasteiger partial charge >= 0.3 is 0 Å². The zero-order chi connectivity index (χ0) is 16.4. The molecule has 2 N–H and O–H groups in total. The first-order valence-electron chi connectivity index (χ1n) is 7.39. The van der Waals surface area contributed by atoms with Gasteiger partial charge in [-0.15, -0.1) is 0 Å². The van der Waals surface area contributed by atoms with Gasteiger partial charge in [-0.1, -0.05) is 0 Å². The molecule has 2 heterocycles. The van der Waals surface area contributed by atoms with E-state index in [4.69, 9.17) is 0 Å². The van der Waals surface area contributed by atoms with E-state index in [2.05, 4.69) is 80.7 Å². The first-order valence-corrected chi connectivity index (χ1v) is 10.7. The highest BCUT2D eigenvalue weighted by Gasteiger charge is 2.37. The van der Waals surface area contributed by atoms with Crippen molar-refractivity contribution in [1.29, 1.82) is 0 Å². The van der Waals surface area contributed by atoms with Gasteiger partial charge in [0.25, 0.3) is 0 Å². The number of halogens is 1. The van der Waals surface area contributed by atoms with Crippen LogP contribution in [0.5, 0.6) is 0 Å². The first-order chi connectivity index (χ1) is 10.2. The number of nitrogens with one attached hydrogen (secondary N) is 2. The molecule has 0 radical (unpaired) electrons. The molecule has 0 spiro atoms. The van der Waals surface area contributed by atoms with E-state index < -0.39 is 0 Å². The van der Waals surface area contributed by atoms with Crippen LogP contribution in [0.4, 0.5) is 5.82 Å². The normalized spacial score (nSPS) is 20.1. The number of aryl methyl sites for hydroxylation is 1. The lowest BCUT2D eigenvalue weighted by Crippen LogP contribution is -2.60. The molecule has 0 saturated carbocycles. The molecule has 1 aliphatic rings. The molecule has 1 saturated heterocycles. The van der Waals surface area contributed by atoms with Crippen molar-refractivity contribution in [3.05, 3.63) is 17.6 Å². The third kappa shape index (κ3) is 5.00. The van der Waals surface area contributed by atoms with E-state index in [1.165, 1.54) is 8.93 Å². The second-order valence-electron chi connectivity index (χ2n) is 7.16. The van der Waals surface area contributed by atoms with E-state index in [-0.39, 0.29) is 11.1 Å². The van der Waals surface area contributed by atoms with E-state index in [9.17, 15) is 0 Å². The molecule has 120 valence electrons. The second-order valence-corrected chi connectivity index (χ2v) is 8.83. The van der Waals surface area contributed by atoms with Crippen molar-refractivity contribution in [1.82, 2.24) is 15.3 Å². The summed E-state index contributed by atoms with van der Waals surface area (Å²) >= 11 is 2.17. The van der Waals surface area contributed by atoms with Gasteiger partial charge in [-0.05, 0) is 67.6 Å². The van der Waals surface area contributed by atoms with E-state index in [1.807, 2.05) is 6.92 Å². The summed E-state index contributed by atoms with van der Waals surface area (Å²) in [6.45, 7) is 10.9. The Labute approximate surface area is 149 Å². The van der Waals surface area contributed by atoms with Crippen LogP contribution in [-0.2, 0) is 0 Å². The quantitative estimate of drug-likeness (QED) is 0.551. The maximum atomic E-state index is 4.52. The standard InChI is InChI=1S/C16H23IN4S/c1-11-10-18-14(13(19-11)6-7-22-17)20-12-8-15(2,3)21-16(4,5)9-12/h10,12,21H,8-9H2,1-5H3,(H,18,20). The summed E-state index contributed by atoms with van der Waals surface area (Å²) in [5, 5.41) is 10.3. The minimum atomic E-state index is 0.0987. The number of aromatic nitrogens is 2. The lowest BCUT2D eigenvalue weighted by atomic mass is 9.79. The minimum Gasteiger partial charge on any atom is -0.365 e. The molecule has 22 heavy (non-hydrogen) atoms. The lowest BCUT2D eigenvalue weighted by Gasteiger charge is -2.46. The van der Waals surface area contributed by atoms with Gasteiger partial charge in [0.05, 0.1) is 11.9 Å². The molecule has 0 unspecified atom stereocenters. The maximum Gasteiger partial charge on any atom is 0.161 e. The summed E-state index contributed by atoms with van der Waals surface area (Å²) in [5.74, 6) is 3.88. The van der Waals surface area contributed by atoms with Crippen molar-refractivity contribution in [3.8, 4) is 11.2 Å². The fraction of sp³-hybridized carbons (Fsp3) is 0.625. The summed E-state index contributed by atoms with van der Waals surface area (Å²) in [7, 11) is 1.46. The van der Waals surface area contributed by atoms with Gasteiger partial charge in [0, 0.05) is 38.3 Å². The highest BCUT2D eigenvalue weighted by Crippen LogP contribution is 2.30. The van der Waals surface area contributed by atoms with Crippen molar-refractivity contribution in [3.63, 3.8) is 0 Å². The zero-order valence-corrected chi connectivity index (χ0v) is 16.7. The van der Waals surface area contributed by atoms with Crippen LogP contribution in [0.2, 0.25) is 0 Å². The van der Waals surface area contributed by atoms with Crippen LogP contribution in [0, 0.1) is 18.1 Å². The van der Waals surface area contributed by atoms with Gasteiger partial charge < -0.3 is 10.6 Å². The third-order valence-electron chi connectivity index (χ3n) is 3.63. The smallest absolute Gasteiger partial charge is 0.161 e. The summed E-state index contributed by atoms with van der Waals surface area (Å²) in [4.78, 5) is 9.03. The Kier molecular flexibility index (Phi) is 5.62. The van der Waals surface area contributed by atoms with Gasteiger partial charge in [0.15, 0.2) is 11.5 Å². The Morgan fingerprint density at radius 3 is 2.55 bits per heavy atom. The van der Waals surface area contributed by atoms with Crippen LogP contribution in [0.15, 0.2) is 6.20 Å². The molecular formula is C16H23IN4S. The summed E-state index contributed by atoms with van der Waals surface area (Å²) < 4.78 is 0. The predicted molar refractivity (Wildman–Crippen MR) is 103 cm³/mol. The van der Waals surface area contributed by atoms with Gasteiger partial charge in [-0.2, -0.15) is 0 Å². The van der Waals surface area contributed by atoms with Crippen LogP contribution in [0.3, 0.4) is 0 Å². The zero-order valence-electron chi connectivity index (χ0n) is 13.7. The fourth-order valence-electron chi connectivity index (χ4n) is 3.36. The number of anilines is 1. The average molecular weight is 430 g/mol. The van der Waals surface area contributed by atoms with Gasteiger partial charge in [0.1, 0.15) is 0 Å². The Bertz CT molecular complexity index is 588. The lowest BCUT2D eigenvalue weighted by molar-refractivity contribution is 0.170. The Morgan fingerprint density at radius 2 is 1.95 bits per heavy atom. The average Bonchev–Trinajstić information content (AvgIpc) is 2.35. The van der Waals surface area contributed by atoms with Crippen LogP contribution in [-0.4, -0.2) is 27.1 Å². The highest BCUT2D eigenvalue weighted by atomic mass is 127. The molecule has 1 aromatic rings. The topological polar surface area (TPSA) is 49.8 Å². The molecule has 1 aliphatic heterocycles. The molecule has 0 aliphatic carbocycles.